The van der Waals surface area contributed by atoms with Crippen LogP contribution in [0.4, 0.5) is 10.5 Å². The van der Waals surface area contributed by atoms with Crippen LogP contribution in [0.15, 0.2) is 51.4 Å². The number of phenolic OH excluding ortho intramolecular Hbond substituents is 1. The van der Waals surface area contributed by atoms with Gasteiger partial charge in [-0.25, -0.2) is 10.3 Å². The summed E-state index contributed by atoms with van der Waals surface area (Å²) < 4.78 is 17.3. The summed E-state index contributed by atoms with van der Waals surface area (Å²) in [6, 6.07) is 8.15. The molecule has 0 saturated carbocycles. The van der Waals surface area contributed by atoms with Gasteiger partial charge in [-0.2, -0.15) is 0 Å². The van der Waals surface area contributed by atoms with Crippen molar-refractivity contribution in [3.63, 3.8) is 0 Å². The number of fused-ring (bicyclic) bond motifs is 1. The van der Waals surface area contributed by atoms with Crippen molar-refractivity contribution in [1.29, 1.82) is 0 Å². The SMILES string of the molecule is CC(C)(/C=C/C(=O)NO)[C@H](OC(=O)Nc1ccc2c(c1)OCO2)c1cc(Br)cc(Br)c1O. The molecule has 2 amide bonds. The van der Waals surface area contributed by atoms with Crippen molar-refractivity contribution >= 4 is 49.5 Å². The van der Waals surface area contributed by atoms with Crippen LogP contribution in [0.5, 0.6) is 17.2 Å². The zero-order chi connectivity index (χ0) is 23.5. The van der Waals surface area contributed by atoms with Gasteiger partial charge < -0.3 is 19.3 Å². The number of hydroxylamine groups is 1. The standard InChI is InChI=1S/C21H20Br2N2O7/c1-21(2,6-5-17(26)25-29)19(13-7-11(22)8-14(23)18(13)27)32-20(28)24-12-3-4-15-16(9-12)31-10-30-15/h3-9,19,27,29H,10H2,1-2H3,(H,24,28)(H,25,26)/b6-5+/t19-/m1/s1. The molecule has 1 aliphatic heterocycles. The van der Waals surface area contributed by atoms with Gasteiger partial charge in [0.15, 0.2) is 11.5 Å². The molecule has 0 aliphatic carbocycles. The van der Waals surface area contributed by atoms with Crippen LogP contribution in [-0.4, -0.2) is 29.1 Å². The third kappa shape index (κ3) is 5.53. The van der Waals surface area contributed by atoms with Crippen LogP contribution in [-0.2, 0) is 9.53 Å². The predicted octanol–water partition coefficient (Wildman–Crippen LogP) is 5.02. The molecule has 1 aliphatic rings. The molecule has 0 aromatic heterocycles. The van der Waals surface area contributed by atoms with Crippen LogP contribution >= 0.6 is 31.9 Å². The Balaban J connectivity index is 1.91. The lowest BCUT2D eigenvalue weighted by molar-refractivity contribution is -0.124. The van der Waals surface area contributed by atoms with Crippen molar-refractivity contribution in [1.82, 2.24) is 5.48 Å². The molecular weight excluding hydrogens is 552 g/mol. The number of carbonyl (C=O) groups is 2. The summed E-state index contributed by atoms with van der Waals surface area (Å²) in [5.74, 6) is 0.189. The number of carbonyl (C=O) groups excluding carboxylic acids is 2. The number of aromatic hydroxyl groups is 1. The normalized spacial score (nSPS) is 13.7. The van der Waals surface area contributed by atoms with E-state index >= 15 is 0 Å². The highest BCUT2D eigenvalue weighted by atomic mass is 79.9. The quantitative estimate of drug-likeness (QED) is 0.218. The minimum atomic E-state index is -1.02. The van der Waals surface area contributed by atoms with Crippen molar-refractivity contribution in [2.45, 2.75) is 20.0 Å². The first-order chi connectivity index (χ1) is 15.1. The largest absolute Gasteiger partial charge is 0.506 e. The van der Waals surface area contributed by atoms with Gasteiger partial charge in [-0.15, -0.1) is 0 Å². The number of ether oxygens (including phenoxy) is 3. The Hall–Kier alpha value is -2.76. The molecule has 0 saturated heterocycles. The van der Waals surface area contributed by atoms with Gasteiger partial charge in [-0.1, -0.05) is 35.9 Å². The van der Waals surface area contributed by atoms with Gasteiger partial charge in [0.2, 0.25) is 6.79 Å². The van der Waals surface area contributed by atoms with Gasteiger partial charge in [0.05, 0.1) is 4.47 Å². The van der Waals surface area contributed by atoms with Gasteiger partial charge >= 0.3 is 6.09 Å². The number of anilines is 1. The predicted molar refractivity (Wildman–Crippen MR) is 122 cm³/mol. The van der Waals surface area contributed by atoms with Crippen LogP contribution in [0.3, 0.4) is 0 Å². The van der Waals surface area contributed by atoms with Crippen LogP contribution in [0.1, 0.15) is 25.5 Å². The van der Waals surface area contributed by atoms with Gasteiger partial charge in [-0.3, -0.25) is 15.3 Å². The summed E-state index contributed by atoms with van der Waals surface area (Å²) >= 11 is 6.64. The number of hydrogen-bond acceptors (Lipinski definition) is 7. The van der Waals surface area contributed by atoms with E-state index in [0.717, 1.165) is 6.08 Å². The Kier molecular flexibility index (Phi) is 7.32. The summed E-state index contributed by atoms with van der Waals surface area (Å²) in [6.45, 7) is 3.52. The number of benzene rings is 2. The number of amides is 2. The van der Waals surface area contributed by atoms with Crippen molar-refractivity contribution < 1.29 is 34.1 Å². The van der Waals surface area contributed by atoms with Gasteiger partial charge in [-0.05, 0) is 40.2 Å². The highest BCUT2D eigenvalue weighted by Gasteiger charge is 2.35. The second-order valence-corrected chi connectivity index (χ2v) is 9.20. The summed E-state index contributed by atoms with van der Waals surface area (Å²) in [4.78, 5) is 24.3. The van der Waals surface area contributed by atoms with Crippen molar-refractivity contribution in [2.24, 2.45) is 5.41 Å². The minimum Gasteiger partial charge on any atom is -0.506 e. The van der Waals surface area contributed by atoms with Crippen LogP contribution < -0.4 is 20.3 Å². The highest BCUT2D eigenvalue weighted by Crippen LogP contribution is 2.45. The molecule has 0 fully saturated rings. The minimum absolute atomic E-state index is 0.101. The zero-order valence-corrected chi connectivity index (χ0v) is 20.2. The third-order valence-corrected chi connectivity index (χ3v) is 5.70. The molecule has 11 heteroatoms. The zero-order valence-electron chi connectivity index (χ0n) is 17.0. The molecule has 0 unspecified atom stereocenters. The highest BCUT2D eigenvalue weighted by molar-refractivity contribution is 9.11. The Morgan fingerprint density at radius 3 is 2.62 bits per heavy atom. The van der Waals surface area contributed by atoms with E-state index in [-0.39, 0.29) is 12.5 Å². The van der Waals surface area contributed by atoms with E-state index in [0.29, 0.717) is 31.7 Å². The Labute approximate surface area is 200 Å². The second kappa shape index (κ2) is 9.80. The fourth-order valence-electron chi connectivity index (χ4n) is 3.05. The lowest BCUT2D eigenvalue weighted by atomic mass is 9.81. The first-order valence-electron chi connectivity index (χ1n) is 9.29. The monoisotopic (exact) mass is 570 g/mol. The van der Waals surface area contributed by atoms with E-state index in [1.54, 1.807) is 44.2 Å². The third-order valence-electron chi connectivity index (χ3n) is 4.63. The maximum absolute atomic E-state index is 12.8. The maximum Gasteiger partial charge on any atom is 0.412 e. The number of hydrogen-bond donors (Lipinski definition) is 4. The van der Waals surface area contributed by atoms with E-state index < -0.39 is 23.5 Å². The molecule has 1 heterocycles. The maximum atomic E-state index is 12.8. The molecule has 2 aromatic carbocycles. The molecular formula is C21H20Br2N2O7. The lowest BCUT2D eigenvalue weighted by Gasteiger charge is -2.32. The Bertz CT molecular complexity index is 1070. The lowest BCUT2D eigenvalue weighted by Crippen LogP contribution is -2.28. The topological polar surface area (TPSA) is 126 Å². The van der Waals surface area contributed by atoms with Gasteiger partial charge in [0.1, 0.15) is 11.9 Å². The second-order valence-electron chi connectivity index (χ2n) is 7.43. The van der Waals surface area contributed by atoms with Gasteiger partial charge in [0, 0.05) is 33.3 Å². The van der Waals surface area contributed by atoms with Crippen LogP contribution in [0.25, 0.3) is 0 Å². The number of phenols is 1. The first-order valence-corrected chi connectivity index (χ1v) is 10.9. The first kappa shape index (κ1) is 23.9. The molecule has 2 aromatic rings. The number of rotatable bonds is 6. The summed E-state index contributed by atoms with van der Waals surface area (Å²) in [5, 5.41) is 22.0. The molecule has 170 valence electrons. The molecule has 0 bridgehead atoms. The molecule has 9 nitrogen and oxygen atoms in total. The van der Waals surface area contributed by atoms with Crippen LogP contribution in [0, 0.1) is 5.41 Å². The molecule has 4 N–H and O–H groups in total. The Morgan fingerprint density at radius 1 is 1.19 bits per heavy atom. The molecule has 1 atom stereocenters. The fraction of sp³-hybridized carbons (Fsp3) is 0.238. The summed E-state index contributed by atoms with van der Waals surface area (Å²) in [5.41, 5.74) is 1.25. The van der Waals surface area contributed by atoms with Crippen LogP contribution in [0.2, 0.25) is 0 Å². The summed E-state index contributed by atoms with van der Waals surface area (Å²) in [7, 11) is 0. The molecule has 32 heavy (non-hydrogen) atoms. The van der Waals surface area contributed by atoms with Crippen molar-refractivity contribution in [2.75, 3.05) is 12.1 Å². The average Bonchev–Trinajstić information content (AvgIpc) is 3.20. The molecule has 0 radical (unpaired) electrons. The summed E-state index contributed by atoms with van der Waals surface area (Å²) in [6.07, 6.45) is 0.757. The van der Waals surface area contributed by atoms with Crippen molar-refractivity contribution in [3.05, 3.63) is 57.0 Å². The number of halogens is 2. The average molecular weight is 572 g/mol. The van der Waals surface area contributed by atoms with Gasteiger partial charge in [0.25, 0.3) is 5.91 Å². The number of nitrogens with one attached hydrogen (secondary N) is 2. The van der Waals surface area contributed by atoms with E-state index in [1.165, 1.54) is 11.6 Å². The Morgan fingerprint density at radius 2 is 1.91 bits per heavy atom. The van der Waals surface area contributed by atoms with E-state index in [4.69, 9.17) is 19.4 Å². The van der Waals surface area contributed by atoms with E-state index in [2.05, 4.69) is 37.2 Å². The fourth-order valence-corrected chi connectivity index (χ4v) is 4.30. The molecule has 0 spiro atoms. The van der Waals surface area contributed by atoms with E-state index in [1.807, 2.05) is 0 Å². The van der Waals surface area contributed by atoms with Crippen molar-refractivity contribution in [3.8, 4) is 17.2 Å². The smallest absolute Gasteiger partial charge is 0.412 e. The molecule has 3 rings (SSSR count). The van der Waals surface area contributed by atoms with E-state index in [9.17, 15) is 14.7 Å².